The average Bonchev–Trinajstić information content (AvgIpc) is 3.49. The molecule has 0 bridgehead atoms. The molecule has 1 spiro atoms. The Balaban J connectivity index is 1.15. The van der Waals surface area contributed by atoms with Crippen molar-refractivity contribution in [2.24, 2.45) is 0 Å². The van der Waals surface area contributed by atoms with Gasteiger partial charge in [0.1, 0.15) is 5.69 Å². The summed E-state index contributed by atoms with van der Waals surface area (Å²) < 4.78 is 0. The monoisotopic (exact) mass is 656 g/mol. The van der Waals surface area contributed by atoms with Crippen molar-refractivity contribution in [2.45, 2.75) is 15.2 Å². The zero-order valence-corrected chi connectivity index (χ0v) is 27.7. The van der Waals surface area contributed by atoms with Crippen LogP contribution in [0.2, 0.25) is 0 Å². The Morgan fingerprint density at radius 2 is 0.860 bits per heavy atom. The van der Waals surface area contributed by atoms with E-state index in [2.05, 4.69) is 97.1 Å². The van der Waals surface area contributed by atoms with Crippen molar-refractivity contribution in [3.05, 3.63) is 192 Å². The summed E-state index contributed by atoms with van der Waals surface area (Å²) in [5, 5.41) is 0. The van der Waals surface area contributed by atoms with Crippen LogP contribution in [0.25, 0.3) is 56.7 Å². The number of rotatable bonds is 4. The van der Waals surface area contributed by atoms with Gasteiger partial charge in [-0.05, 0) is 63.7 Å². The highest BCUT2D eigenvalue weighted by Gasteiger charge is 2.50. The molecule has 10 rings (SSSR count). The smallest absolute Gasteiger partial charge is 0.182 e. The molecule has 2 aliphatic rings. The first-order valence-corrected chi connectivity index (χ1v) is 17.5. The van der Waals surface area contributed by atoms with Crippen molar-refractivity contribution >= 4 is 11.8 Å². The van der Waals surface area contributed by atoms with Crippen LogP contribution in [0.1, 0.15) is 22.3 Å². The fraction of sp³-hybridized carbons (Fsp3) is 0.0222. The summed E-state index contributed by atoms with van der Waals surface area (Å²) in [4.78, 5) is 22.5. The van der Waals surface area contributed by atoms with Crippen molar-refractivity contribution < 1.29 is 0 Å². The second-order valence-corrected chi connectivity index (χ2v) is 13.7. The van der Waals surface area contributed by atoms with Crippen molar-refractivity contribution in [3.8, 4) is 56.7 Å². The molecule has 1 aliphatic heterocycles. The van der Waals surface area contributed by atoms with Crippen LogP contribution in [0.15, 0.2) is 180 Å². The lowest BCUT2D eigenvalue weighted by atomic mass is 9.67. The minimum absolute atomic E-state index is 0.443. The molecule has 0 radical (unpaired) electrons. The van der Waals surface area contributed by atoms with Gasteiger partial charge < -0.3 is 0 Å². The van der Waals surface area contributed by atoms with Gasteiger partial charge in [0, 0.05) is 26.5 Å². The molecule has 4 nitrogen and oxygen atoms in total. The Kier molecular flexibility index (Phi) is 6.61. The van der Waals surface area contributed by atoms with Gasteiger partial charge in [-0.2, -0.15) is 0 Å². The molecule has 0 N–H and O–H groups in total. The van der Waals surface area contributed by atoms with E-state index in [9.17, 15) is 0 Å². The first-order valence-electron chi connectivity index (χ1n) is 16.7. The van der Waals surface area contributed by atoms with Gasteiger partial charge in [0.05, 0.1) is 11.1 Å². The Labute approximate surface area is 294 Å². The van der Waals surface area contributed by atoms with Crippen LogP contribution in [0.4, 0.5) is 0 Å². The molecule has 1 aliphatic carbocycles. The van der Waals surface area contributed by atoms with E-state index >= 15 is 0 Å². The quantitative estimate of drug-likeness (QED) is 0.189. The van der Waals surface area contributed by atoms with Crippen LogP contribution in [-0.2, 0) is 5.41 Å². The van der Waals surface area contributed by atoms with Crippen LogP contribution in [0, 0.1) is 0 Å². The maximum absolute atomic E-state index is 5.22. The van der Waals surface area contributed by atoms with E-state index in [1.807, 2.05) is 84.6 Å². The second-order valence-electron chi connectivity index (χ2n) is 12.6. The van der Waals surface area contributed by atoms with Gasteiger partial charge in [0.2, 0.25) is 0 Å². The van der Waals surface area contributed by atoms with Crippen molar-refractivity contribution in [1.29, 1.82) is 0 Å². The fourth-order valence-corrected chi connectivity index (χ4v) is 8.83. The number of fused-ring (bicyclic) bond motifs is 9. The summed E-state index contributed by atoms with van der Waals surface area (Å²) in [6, 6.07) is 59.7. The molecule has 5 heteroatoms. The van der Waals surface area contributed by atoms with Crippen LogP contribution in [0.5, 0.6) is 0 Å². The lowest BCUT2D eigenvalue weighted by Gasteiger charge is -2.39. The van der Waals surface area contributed by atoms with Crippen LogP contribution < -0.4 is 0 Å². The minimum Gasteiger partial charge on any atom is -0.244 e. The summed E-state index contributed by atoms with van der Waals surface area (Å²) in [5.41, 5.74) is 11.9. The zero-order valence-electron chi connectivity index (χ0n) is 26.9. The number of hydrogen-bond donors (Lipinski definition) is 0. The number of nitrogens with zero attached hydrogens (tertiary/aromatic N) is 4. The van der Waals surface area contributed by atoms with E-state index in [0.717, 1.165) is 22.4 Å². The van der Waals surface area contributed by atoms with E-state index in [4.69, 9.17) is 19.9 Å². The summed E-state index contributed by atoms with van der Waals surface area (Å²) >= 11 is 1.85. The topological polar surface area (TPSA) is 51.6 Å². The van der Waals surface area contributed by atoms with Crippen molar-refractivity contribution in [3.63, 3.8) is 0 Å². The van der Waals surface area contributed by atoms with Crippen LogP contribution >= 0.6 is 11.8 Å². The lowest BCUT2D eigenvalue weighted by Crippen LogP contribution is -2.32. The average molecular weight is 657 g/mol. The van der Waals surface area contributed by atoms with Gasteiger partial charge in [-0.15, -0.1) is 0 Å². The predicted octanol–water partition coefficient (Wildman–Crippen LogP) is 10.8. The van der Waals surface area contributed by atoms with Gasteiger partial charge in [0.15, 0.2) is 17.5 Å². The maximum atomic E-state index is 5.22. The van der Waals surface area contributed by atoms with Gasteiger partial charge >= 0.3 is 0 Å². The largest absolute Gasteiger partial charge is 0.244 e. The van der Waals surface area contributed by atoms with Gasteiger partial charge in [-0.25, -0.2) is 19.9 Å². The standard InChI is InChI=1S/C45H28N4S/c1-3-14-29(15-4-1)42-47-43(30-16-5-2-6-17-30)49-44(48-42)39-24-13-23-38(46-39)31-26-27-41-37(28-31)45(36-22-11-12-25-40(36)50-41)34-20-9-7-18-32(34)33-19-8-10-21-35(33)45/h1-28H. The third-order valence-corrected chi connectivity index (χ3v) is 11.0. The highest BCUT2D eigenvalue weighted by molar-refractivity contribution is 7.99. The van der Waals surface area contributed by atoms with E-state index in [1.54, 1.807) is 0 Å². The third kappa shape index (κ3) is 4.40. The summed E-state index contributed by atoms with van der Waals surface area (Å²) in [5.74, 6) is 1.77. The van der Waals surface area contributed by atoms with Crippen molar-refractivity contribution in [2.75, 3.05) is 0 Å². The number of aromatic nitrogens is 4. The van der Waals surface area contributed by atoms with Gasteiger partial charge in [0.25, 0.3) is 0 Å². The first-order chi connectivity index (χ1) is 24.8. The zero-order chi connectivity index (χ0) is 33.1. The Morgan fingerprint density at radius 3 is 1.52 bits per heavy atom. The Bertz CT molecular complexity index is 2480. The minimum atomic E-state index is -0.443. The summed E-state index contributed by atoms with van der Waals surface area (Å²) in [7, 11) is 0. The summed E-state index contributed by atoms with van der Waals surface area (Å²) in [6.45, 7) is 0. The first kappa shape index (κ1) is 28.8. The van der Waals surface area contributed by atoms with Gasteiger partial charge in [-0.3, -0.25) is 0 Å². The summed E-state index contributed by atoms with van der Waals surface area (Å²) in [6.07, 6.45) is 0. The molecule has 0 saturated carbocycles. The van der Waals surface area contributed by atoms with E-state index in [-0.39, 0.29) is 0 Å². The molecule has 50 heavy (non-hydrogen) atoms. The highest BCUT2D eigenvalue weighted by Crippen LogP contribution is 2.62. The SMILES string of the molecule is c1ccc(-c2nc(-c3ccccc3)nc(-c3cccc(-c4ccc5c(c4)C4(c6ccccc6S5)c5ccccc5-c5ccccc54)n3)n2)cc1. The fourth-order valence-electron chi connectivity index (χ4n) is 7.66. The maximum Gasteiger partial charge on any atom is 0.182 e. The van der Waals surface area contributed by atoms with E-state index in [1.165, 1.54) is 43.2 Å². The molecule has 0 unspecified atom stereocenters. The number of benzene rings is 6. The van der Waals surface area contributed by atoms with E-state index < -0.39 is 5.41 Å². The Morgan fingerprint density at radius 1 is 0.340 bits per heavy atom. The second kappa shape index (κ2) is 11.5. The lowest BCUT2D eigenvalue weighted by molar-refractivity contribution is 0.722. The number of pyridine rings is 1. The normalized spacial score (nSPS) is 13.3. The molecule has 0 amide bonds. The van der Waals surface area contributed by atoms with Crippen molar-refractivity contribution in [1.82, 2.24) is 19.9 Å². The molecule has 2 aromatic heterocycles. The van der Waals surface area contributed by atoms with Crippen LogP contribution in [0.3, 0.4) is 0 Å². The van der Waals surface area contributed by atoms with E-state index in [0.29, 0.717) is 23.2 Å². The molecule has 234 valence electrons. The molecular formula is C45H28N4S. The highest BCUT2D eigenvalue weighted by atomic mass is 32.2. The molecule has 3 heterocycles. The third-order valence-electron chi connectivity index (χ3n) is 9.82. The Hall–Kier alpha value is -6.17. The van der Waals surface area contributed by atoms with Crippen LogP contribution in [-0.4, -0.2) is 19.9 Å². The molecule has 0 fully saturated rings. The molecule has 0 atom stereocenters. The predicted molar refractivity (Wildman–Crippen MR) is 201 cm³/mol. The van der Waals surface area contributed by atoms with Gasteiger partial charge in [-0.1, -0.05) is 151 Å². The molecule has 0 saturated heterocycles. The molecular weight excluding hydrogens is 629 g/mol. The molecule has 8 aromatic rings. The molecule has 6 aromatic carbocycles. The number of hydrogen-bond acceptors (Lipinski definition) is 5.